The molecule has 21 nitrogen and oxygen atoms in total. The van der Waals surface area contributed by atoms with Crippen LogP contribution >= 0.6 is 0 Å². The molecule has 0 aromatic rings. The van der Waals surface area contributed by atoms with Crippen LogP contribution in [0.2, 0.25) is 0 Å². The standard InChI is InChI=1S/3C6H8O7.Bi/c3*7-3(8)1-6(13,5(11)12)2-4(9)10;/h3*13H,1-2H2,(H,7,8)(H,9,10)(H,11,12);. The van der Waals surface area contributed by atoms with Gasteiger partial charge >= 0.3 is 53.7 Å². The van der Waals surface area contributed by atoms with Crippen LogP contribution in [0.3, 0.4) is 0 Å². The van der Waals surface area contributed by atoms with E-state index in [0.717, 1.165) is 0 Å². The first kappa shape index (κ1) is 43.1. The fraction of sp³-hybridized carbons (Fsp3) is 0.500. The van der Waals surface area contributed by atoms with Gasteiger partial charge in [0.2, 0.25) is 0 Å². The third-order valence-corrected chi connectivity index (χ3v) is 3.86. The Balaban J connectivity index is -0.000000240. The predicted octanol–water partition coefficient (Wildman–Crippen LogP) is -4.13. The van der Waals surface area contributed by atoms with Gasteiger partial charge in [0.15, 0.2) is 16.8 Å². The molecule has 0 aliphatic rings. The van der Waals surface area contributed by atoms with Gasteiger partial charge in [-0.05, 0) is 0 Å². The minimum atomic E-state index is -2.74. The molecule has 0 heterocycles. The third kappa shape index (κ3) is 19.1. The number of carbonyl (C=O) groups is 9. The summed E-state index contributed by atoms with van der Waals surface area (Å²) in [6.07, 6.45) is -6.87. The van der Waals surface area contributed by atoms with E-state index < -0.39 is 109 Å². The number of carboxylic acid groups (broad SMARTS) is 9. The molecule has 0 aromatic carbocycles. The number of carboxylic acids is 9. The Bertz CT molecular complexity index is 812. The van der Waals surface area contributed by atoms with E-state index in [1.807, 2.05) is 0 Å². The quantitative estimate of drug-likeness (QED) is 0.0701. The SMILES string of the molecule is O=C(O)CC(O)(CC(=O)O)C(=O)O.O=C(O)CC(O)(CC(=O)O)C(=O)O.O=C(O)CC(O)(CC(=O)O)C(=O)O.[Bi]. The van der Waals surface area contributed by atoms with Crippen LogP contribution in [0, 0.1) is 0 Å². The van der Waals surface area contributed by atoms with Crippen molar-refractivity contribution in [3.8, 4) is 0 Å². The van der Waals surface area contributed by atoms with E-state index in [1.165, 1.54) is 0 Å². The number of rotatable bonds is 15. The van der Waals surface area contributed by atoms with Gasteiger partial charge in [0.1, 0.15) is 0 Å². The van der Waals surface area contributed by atoms with Crippen LogP contribution in [0.5, 0.6) is 0 Å². The van der Waals surface area contributed by atoms with Crippen LogP contribution in [0.25, 0.3) is 0 Å². The van der Waals surface area contributed by atoms with E-state index in [0.29, 0.717) is 0 Å². The maximum atomic E-state index is 10.3. The number of hydrogen-bond donors (Lipinski definition) is 12. The number of hydrogen-bond acceptors (Lipinski definition) is 12. The molecular formula is C18H24BiO21. The molecule has 40 heavy (non-hydrogen) atoms. The average molecular weight is 785 g/mol. The van der Waals surface area contributed by atoms with Crippen molar-refractivity contribution in [1.29, 1.82) is 0 Å². The summed E-state index contributed by atoms with van der Waals surface area (Å²) in [5.74, 6) is -15.1. The Morgan fingerprint density at radius 3 is 0.475 bits per heavy atom. The van der Waals surface area contributed by atoms with Gasteiger partial charge in [0.05, 0.1) is 38.5 Å². The molecule has 22 heteroatoms. The van der Waals surface area contributed by atoms with E-state index in [2.05, 4.69) is 0 Å². The van der Waals surface area contributed by atoms with Crippen molar-refractivity contribution >= 4 is 79.9 Å². The summed E-state index contributed by atoms with van der Waals surface area (Å²) in [4.78, 5) is 91.5. The molecule has 12 N–H and O–H groups in total. The first-order chi connectivity index (χ1) is 17.3. The molecule has 0 saturated heterocycles. The van der Waals surface area contributed by atoms with E-state index in [1.54, 1.807) is 0 Å². The fourth-order valence-corrected chi connectivity index (χ4v) is 2.14. The third-order valence-electron chi connectivity index (χ3n) is 3.86. The molecule has 0 aromatic heterocycles. The van der Waals surface area contributed by atoms with Gasteiger partial charge in [-0.25, -0.2) is 14.4 Å². The Labute approximate surface area is 239 Å². The average Bonchev–Trinajstić information content (AvgIpc) is 2.64. The van der Waals surface area contributed by atoms with Gasteiger partial charge in [-0.15, -0.1) is 0 Å². The minimum absolute atomic E-state index is 0. The number of aliphatic hydroxyl groups is 3. The van der Waals surface area contributed by atoms with Crippen molar-refractivity contribution in [2.45, 2.75) is 55.3 Å². The molecule has 0 spiro atoms. The van der Waals surface area contributed by atoms with Crippen molar-refractivity contribution in [1.82, 2.24) is 0 Å². The predicted molar refractivity (Wildman–Crippen MR) is 117 cm³/mol. The zero-order chi connectivity index (χ0) is 31.9. The summed E-state index contributed by atoms with van der Waals surface area (Å²) in [5.41, 5.74) is -8.22. The Morgan fingerprint density at radius 2 is 0.425 bits per heavy atom. The van der Waals surface area contributed by atoms with Crippen LogP contribution in [-0.4, -0.2) is 158 Å². The van der Waals surface area contributed by atoms with Gasteiger partial charge in [0, 0.05) is 26.2 Å². The Hall–Kier alpha value is -4.01. The van der Waals surface area contributed by atoms with Gasteiger partial charge in [-0.2, -0.15) is 0 Å². The normalized spacial score (nSPS) is 10.6. The first-order valence-corrected chi connectivity index (χ1v) is 9.51. The zero-order valence-electron chi connectivity index (χ0n) is 19.7. The van der Waals surface area contributed by atoms with Crippen LogP contribution in [0.4, 0.5) is 0 Å². The molecule has 0 fully saturated rings. The number of aliphatic carboxylic acids is 9. The molecule has 0 bridgehead atoms. The first-order valence-electron chi connectivity index (χ1n) is 9.51. The second-order valence-electron chi connectivity index (χ2n) is 7.43. The maximum Gasteiger partial charge on any atom is 0.336 e. The van der Waals surface area contributed by atoms with Crippen LogP contribution in [-0.2, 0) is 43.2 Å². The monoisotopic (exact) mass is 785 g/mol. The minimum Gasteiger partial charge on any atom is -0.481 e. The molecule has 0 aliphatic heterocycles. The fourth-order valence-electron chi connectivity index (χ4n) is 2.14. The van der Waals surface area contributed by atoms with Crippen molar-refractivity contribution in [3.63, 3.8) is 0 Å². The topological polar surface area (TPSA) is 396 Å². The van der Waals surface area contributed by atoms with Gasteiger partial charge in [-0.3, -0.25) is 28.8 Å². The van der Waals surface area contributed by atoms with Crippen LogP contribution in [0.1, 0.15) is 38.5 Å². The molecule has 0 unspecified atom stereocenters. The van der Waals surface area contributed by atoms with E-state index in [9.17, 15) is 43.2 Å². The summed E-state index contributed by atoms with van der Waals surface area (Å²) in [5, 5.41) is 101. The summed E-state index contributed by atoms with van der Waals surface area (Å²) in [7, 11) is 0. The second-order valence-corrected chi connectivity index (χ2v) is 7.43. The Morgan fingerprint density at radius 1 is 0.325 bits per heavy atom. The smallest absolute Gasteiger partial charge is 0.336 e. The molecule has 0 aliphatic carbocycles. The van der Waals surface area contributed by atoms with E-state index in [4.69, 9.17) is 61.3 Å². The van der Waals surface area contributed by atoms with Gasteiger partial charge in [0.25, 0.3) is 0 Å². The van der Waals surface area contributed by atoms with E-state index >= 15 is 0 Å². The summed E-state index contributed by atoms with van der Waals surface area (Å²) in [6.45, 7) is 0. The zero-order valence-corrected chi connectivity index (χ0v) is 23.2. The summed E-state index contributed by atoms with van der Waals surface area (Å²) in [6, 6.07) is 0. The molecule has 227 valence electrons. The summed E-state index contributed by atoms with van der Waals surface area (Å²) < 4.78 is 0. The second kappa shape index (κ2) is 18.3. The largest absolute Gasteiger partial charge is 0.481 e. The maximum absolute atomic E-state index is 10.3. The van der Waals surface area contributed by atoms with Crippen molar-refractivity contribution in [2.24, 2.45) is 0 Å². The van der Waals surface area contributed by atoms with Crippen molar-refractivity contribution < 1.29 is 104 Å². The molecule has 0 atom stereocenters. The van der Waals surface area contributed by atoms with Crippen molar-refractivity contribution in [3.05, 3.63) is 0 Å². The molecular weight excluding hydrogens is 761 g/mol. The molecule has 0 saturated carbocycles. The Kier molecular flexibility index (Phi) is 19.7. The molecule has 0 rings (SSSR count). The van der Waals surface area contributed by atoms with Gasteiger partial charge < -0.3 is 61.3 Å². The van der Waals surface area contributed by atoms with Crippen LogP contribution < -0.4 is 0 Å². The molecule has 0 amide bonds. The van der Waals surface area contributed by atoms with E-state index in [-0.39, 0.29) is 26.2 Å². The molecule has 3 radical (unpaired) electrons. The van der Waals surface area contributed by atoms with Crippen molar-refractivity contribution in [2.75, 3.05) is 0 Å². The summed E-state index contributed by atoms with van der Waals surface area (Å²) >= 11 is 0. The van der Waals surface area contributed by atoms with Gasteiger partial charge in [-0.1, -0.05) is 0 Å². The van der Waals surface area contributed by atoms with Crippen LogP contribution in [0.15, 0.2) is 0 Å².